The van der Waals surface area contributed by atoms with Gasteiger partial charge in [-0.2, -0.15) is 0 Å². The van der Waals surface area contributed by atoms with Gasteiger partial charge in [-0.25, -0.2) is 9.97 Å². The van der Waals surface area contributed by atoms with Gasteiger partial charge in [0.05, 0.1) is 0 Å². The van der Waals surface area contributed by atoms with Crippen LogP contribution in [-0.4, -0.2) is 87.2 Å². The number of piperidine rings is 1. The molecule has 1 aromatic carbocycles. The summed E-state index contributed by atoms with van der Waals surface area (Å²) >= 11 is 0. The lowest BCUT2D eigenvalue weighted by Crippen LogP contribution is -2.58. The first kappa shape index (κ1) is 23.1. The third kappa shape index (κ3) is 6.04. The number of hydrogen-bond donors (Lipinski definition) is 1. The van der Waals surface area contributed by atoms with E-state index < -0.39 is 0 Å². The van der Waals surface area contributed by atoms with Gasteiger partial charge in [0, 0.05) is 63.3 Å². The first-order valence-electron chi connectivity index (χ1n) is 12.0. The molecule has 1 aromatic heterocycles. The maximum Gasteiger partial charge on any atom is 0.321 e. The molecule has 2 saturated heterocycles. The van der Waals surface area contributed by atoms with Crippen molar-refractivity contribution in [2.45, 2.75) is 57.8 Å². The summed E-state index contributed by atoms with van der Waals surface area (Å²) < 4.78 is 5.70. The maximum absolute atomic E-state index is 9.70. The van der Waals surface area contributed by atoms with Crippen LogP contribution in [0.25, 0.3) is 0 Å². The molecular formula is C25H37N5O2. The Labute approximate surface area is 192 Å². The molecule has 0 amide bonds. The number of aliphatic hydroxyl groups is 1. The second-order valence-electron chi connectivity index (χ2n) is 9.28. The molecule has 0 aliphatic carbocycles. The van der Waals surface area contributed by atoms with Gasteiger partial charge >= 0.3 is 6.01 Å². The van der Waals surface area contributed by atoms with Crippen LogP contribution in [0, 0.1) is 0 Å². The minimum Gasteiger partial charge on any atom is -0.424 e. The van der Waals surface area contributed by atoms with Crippen LogP contribution in [0.5, 0.6) is 11.8 Å². The zero-order valence-corrected chi connectivity index (χ0v) is 19.4. The maximum atomic E-state index is 9.70. The van der Waals surface area contributed by atoms with E-state index >= 15 is 0 Å². The lowest BCUT2D eigenvalue weighted by molar-refractivity contribution is -0.0000327. The van der Waals surface area contributed by atoms with Crippen LogP contribution in [0.1, 0.15) is 38.7 Å². The highest BCUT2D eigenvalue weighted by Crippen LogP contribution is 2.25. The molecule has 2 aromatic rings. The number of nitrogens with zero attached hydrogens (tertiary/aromatic N) is 5. The Morgan fingerprint density at radius 1 is 1.03 bits per heavy atom. The minimum absolute atomic E-state index is 0.257. The SMILES string of the molecule is CC(C)N1CCC(N2CCN(Cc3ccc(Oc4ncccn4)cc3)C[C@H]2CCO)CC1. The van der Waals surface area contributed by atoms with Gasteiger partial charge in [-0.05, 0) is 70.0 Å². The van der Waals surface area contributed by atoms with Crippen molar-refractivity contribution < 1.29 is 9.84 Å². The van der Waals surface area contributed by atoms with Gasteiger partial charge in [0.2, 0.25) is 0 Å². The summed E-state index contributed by atoms with van der Waals surface area (Å²) in [7, 11) is 0. The fourth-order valence-electron chi connectivity index (χ4n) is 5.06. The van der Waals surface area contributed by atoms with Crippen LogP contribution in [-0.2, 0) is 6.54 Å². The molecule has 7 nitrogen and oxygen atoms in total. The van der Waals surface area contributed by atoms with Gasteiger partial charge in [0.1, 0.15) is 5.75 Å². The molecule has 2 aliphatic rings. The molecule has 0 spiro atoms. The summed E-state index contributed by atoms with van der Waals surface area (Å²) in [6, 6.07) is 12.1. The first-order chi connectivity index (χ1) is 15.6. The van der Waals surface area contributed by atoms with Crippen LogP contribution in [0.3, 0.4) is 0 Å². The van der Waals surface area contributed by atoms with E-state index in [0.29, 0.717) is 24.1 Å². The van der Waals surface area contributed by atoms with Crippen LogP contribution in [0.2, 0.25) is 0 Å². The van der Waals surface area contributed by atoms with E-state index in [9.17, 15) is 5.11 Å². The summed E-state index contributed by atoms with van der Waals surface area (Å²) in [5, 5.41) is 9.70. The number of likely N-dealkylation sites (tertiary alicyclic amines) is 1. The number of aliphatic hydroxyl groups excluding tert-OH is 1. The van der Waals surface area contributed by atoms with Crippen molar-refractivity contribution >= 4 is 0 Å². The topological polar surface area (TPSA) is 65.0 Å². The Morgan fingerprint density at radius 3 is 2.41 bits per heavy atom. The smallest absolute Gasteiger partial charge is 0.321 e. The predicted octanol–water partition coefficient (Wildman–Crippen LogP) is 3.01. The van der Waals surface area contributed by atoms with Crippen LogP contribution in [0.15, 0.2) is 42.7 Å². The van der Waals surface area contributed by atoms with Gasteiger partial charge < -0.3 is 14.7 Å². The summed E-state index contributed by atoms with van der Waals surface area (Å²) in [5.41, 5.74) is 1.27. The molecule has 174 valence electrons. The number of rotatable bonds is 8. The fourth-order valence-corrected chi connectivity index (χ4v) is 5.06. The largest absolute Gasteiger partial charge is 0.424 e. The molecule has 0 saturated carbocycles. The first-order valence-corrected chi connectivity index (χ1v) is 12.0. The lowest BCUT2D eigenvalue weighted by Gasteiger charge is -2.48. The highest BCUT2D eigenvalue weighted by Gasteiger charge is 2.33. The molecule has 2 fully saturated rings. The predicted molar refractivity (Wildman–Crippen MR) is 126 cm³/mol. The summed E-state index contributed by atoms with van der Waals surface area (Å²) in [6.45, 7) is 11.3. The van der Waals surface area contributed by atoms with E-state index in [1.807, 2.05) is 12.1 Å². The zero-order valence-electron chi connectivity index (χ0n) is 19.4. The zero-order chi connectivity index (χ0) is 22.3. The minimum atomic E-state index is 0.257. The fraction of sp³-hybridized carbons (Fsp3) is 0.600. The van der Waals surface area contributed by atoms with Crippen molar-refractivity contribution in [1.82, 2.24) is 24.7 Å². The Morgan fingerprint density at radius 2 is 1.75 bits per heavy atom. The average molecular weight is 440 g/mol. The van der Waals surface area contributed by atoms with Gasteiger partial charge in [-0.1, -0.05) is 12.1 Å². The molecule has 0 radical (unpaired) electrons. The van der Waals surface area contributed by atoms with E-state index in [1.165, 1.54) is 31.5 Å². The van der Waals surface area contributed by atoms with Crippen LogP contribution < -0.4 is 4.74 Å². The Hall–Kier alpha value is -2.06. The van der Waals surface area contributed by atoms with Crippen molar-refractivity contribution in [1.29, 1.82) is 0 Å². The molecule has 0 bridgehead atoms. The molecule has 0 unspecified atom stereocenters. The quantitative estimate of drug-likeness (QED) is 0.678. The van der Waals surface area contributed by atoms with Gasteiger partial charge in [0.25, 0.3) is 0 Å². The average Bonchev–Trinajstić information content (AvgIpc) is 2.82. The van der Waals surface area contributed by atoms with E-state index in [0.717, 1.165) is 38.3 Å². The standard InChI is InChI=1S/C25H37N5O2/c1-20(2)29-13-8-22(9-14-29)30-16-15-28(19-23(30)10-17-31)18-21-4-6-24(7-5-21)32-25-26-11-3-12-27-25/h3-7,11-12,20,22-23,31H,8-10,13-19H2,1-2H3/t23-/m1/s1. The molecule has 32 heavy (non-hydrogen) atoms. The molecule has 7 heteroatoms. The number of aromatic nitrogens is 2. The molecule has 2 aliphatic heterocycles. The molecule has 3 heterocycles. The Bertz CT molecular complexity index is 809. The third-order valence-corrected chi connectivity index (χ3v) is 6.85. The summed E-state index contributed by atoms with van der Waals surface area (Å²) in [6.07, 6.45) is 6.68. The second-order valence-corrected chi connectivity index (χ2v) is 9.28. The normalized spacial score (nSPS) is 21.8. The molecule has 1 atom stereocenters. The molecule has 1 N–H and O–H groups in total. The monoisotopic (exact) mass is 439 g/mol. The van der Waals surface area contributed by atoms with E-state index in [2.05, 4.69) is 50.6 Å². The lowest BCUT2D eigenvalue weighted by atomic mass is 9.97. The third-order valence-electron chi connectivity index (χ3n) is 6.85. The highest BCUT2D eigenvalue weighted by molar-refractivity contribution is 5.29. The Kier molecular flexibility index (Phi) is 8.08. The van der Waals surface area contributed by atoms with Gasteiger partial charge in [0.15, 0.2) is 0 Å². The summed E-state index contributed by atoms with van der Waals surface area (Å²) in [5.74, 6) is 0.746. The molecular weight excluding hydrogens is 402 g/mol. The van der Waals surface area contributed by atoms with Crippen molar-refractivity contribution in [2.24, 2.45) is 0 Å². The Balaban J connectivity index is 1.31. The van der Waals surface area contributed by atoms with E-state index in [-0.39, 0.29) is 6.61 Å². The van der Waals surface area contributed by atoms with Crippen LogP contribution in [0.4, 0.5) is 0 Å². The van der Waals surface area contributed by atoms with E-state index in [1.54, 1.807) is 18.5 Å². The molecule has 4 rings (SSSR count). The van der Waals surface area contributed by atoms with Crippen molar-refractivity contribution in [3.8, 4) is 11.8 Å². The number of piperazine rings is 1. The number of hydrogen-bond acceptors (Lipinski definition) is 7. The second kappa shape index (κ2) is 11.2. The van der Waals surface area contributed by atoms with Gasteiger partial charge in [-0.3, -0.25) is 9.80 Å². The van der Waals surface area contributed by atoms with Crippen molar-refractivity contribution in [3.05, 3.63) is 48.3 Å². The van der Waals surface area contributed by atoms with Gasteiger partial charge in [-0.15, -0.1) is 0 Å². The van der Waals surface area contributed by atoms with Crippen molar-refractivity contribution in [3.63, 3.8) is 0 Å². The van der Waals surface area contributed by atoms with Crippen molar-refractivity contribution in [2.75, 3.05) is 39.3 Å². The van der Waals surface area contributed by atoms with E-state index in [4.69, 9.17) is 4.74 Å². The number of ether oxygens (including phenoxy) is 1. The highest BCUT2D eigenvalue weighted by atomic mass is 16.5. The summed E-state index contributed by atoms with van der Waals surface area (Å²) in [4.78, 5) is 16.0. The van der Waals surface area contributed by atoms with Crippen LogP contribution >= 0.6 is 0 Å². The number of benzene rings is 1.